The van der Waals surface area contributed by atoms with E-state index in [4.69, 9.17) is 4.74 Å². The van der Waals surface area contributed by atoms with Crippen molar-refractivity contribution in [2.45, 2.75) is 19.9 Å². The van der Waals surface area contributed by atoms with Gasteiger partial charge in [0, 0.05) is 29.5 Å². The molecule has 124 valence electrons. The van der Waals surface area contributed by atoms with Gasteiger partial charge in [-0.2, -0.15) is 5.10 Å². The lowest BCUT2D eigenvalue weighted by molar-refractivity contribution is 0.0792. The van der Waals surface area contributed by atoms with Crippen LogP contribution in [0.5, 0.6) is 5.88 Å². The molecule has 0 fully saturated rings. The lowest BCUT2D eigenvalue weighted by Gasteiger charge is -2.09. The Morgan fingerprint density at radius 1 is 1.38 bits per heavy atom. The fourth-order valence-corrected chi connectivity index (χ4v) is 2.45. The summed E-state index contributed by atoms with van der Waals surface area (Å²) in [5, 5.41) is 5.42. The Morgan fingerprint density at radius 3 is 2.92 bits per heavy atom. The normalized spacial score (nSPS) is 11.2. The highest BCUT2D eigenvalue weighted by molar-refractivity contribution is 5.85. The van der Waals surface area contributed by atoms with E-state index < -0.39 is 13.0 Å². The molecule has 0 aliphatic heterocycles. The van der Waals surface area contributed by atoms with Crippen LogP contribution < -0.4 is 4.74 Å². The molecular formula is C17H16F2N4O. The van der Waals surface area contributed by atoms with E-state index in [2.05, 4.69) is 21.6 Å². The lowest BCUT2D eigenvalue weighted by Crippen LogP contribution is -2.09. The van der Waals surface area contributed by atoms with E-state index in [-0.39, 0.29) is 5.88 Å². The molecule has 0 spiro atoms. The molecule has 3 heterocycles. The number of aromatic nitrogens is 4. The van der Waals surface area contributed by atoms with Crippen molar-refractivity contribution in [3.8, 4) is 5.88 Å². The summed E-state index contributed by atoms with van der Waals surface area (Å²) in [6.45, 7) is 5.37. The van der Waals surface area contributed by atoms with Gasteiger partial charge in [0.05, 0.1) is 17.8 Å². The molecule has 0 saturated carbocycles. The van der Waals surface area contributed by atoms with Crippen LogP contribution in [0.15, 0.2) is 37.3 Å². The summed E-state index contributed by atoms with van der Waals surface area (Å²) in [6.07, 6.45) is 4.37. The van der Waals surface area contributed by atoms with Gasteiger partial charge in [-0.15, -0.1) is 0 Å². The molecule has 0 aromatic carbocycles. The van der Waals surface area contributed by atoms with Crippen molar-refractivity contribution >= 4 is 17.0 Å². The number of halogens is 2. The number of hydrogen-bond acceptors (Lipinski definition) is 4. The van der Waals surface area contributed by atoms with Gasteiger partial charge in [-0.1, -0.05) is 6.58 Å². The summed E-state index contributed by atoms with van der Waals surface area (Å²) >= 11 is 0. The molecule has 24 heavy (non-hydrogen) atoms. The monoisotopic (exact) mass is 330 g/mol. The van der Waals surface area contributed by atoms with Gasteiger partial charge in [0.1, 0.15) is 0 Å². The predicted molar refractivity (Wildman–Crippen MR) is 87.2 cm³/mol. The number of hydrogen-bond donors (Lipinski definition) is 0. The highest BCUT2D eigenvalue weighted by Crippen LogP contribution is 2.19. The van der Waals surface area contributed by atoms with Crippen LogP contribution >= 0.6 is 0 Å². The minimum absolute atomic E-state index is 0.225. The summed E-state index contributed by atoms with van der Waals surface area (Å²) in [6, 6.07) is 3.69. The molecule has 3 aromatic heterocycles. The molecule has 0 N–H and O–H groups in total. The Bertz CT molecular complexity index is 876. The standard InChI is InChI=1S/C17H16F2N4O/c1-3-14-13-9-23(22-15(13)4-5-20-14)8-12-6-11(2)17(21-7-12)24-10-16(18)19/h3-7,9,16H,1,8,10H2,2H3. The van der Waals surface area contributed by atoms with Crippen LogP contribution in [0.2, 0.25) is 0 Å². The van der Waals surface area contributed by atoms with E-state index in [1.165, 1.54) is 0 Å². The number of nitrogens with zero attached hydrogens (tertiary/aromatic N) is 4. The van der Waals surface area contributed by atoms with Crippen LogP contribution in [0.25, 0.3) is 17.0 Å². The first-order chi connectivity index (χ1) is 11.6. The van der Waals surface area contributed by atoms with Crippen molar-refractivity contribution in [2.75, 3.05) is 6.61 Å². The van der Waals surface area contributed by atoms with Crippen molar-refractivity contribution in [1.29, 1.82) is 0 Å². The number of rotatable bonds is 6. The molecule has 0 unspecified atom stereocenters. The molecular weight excluding hydrogens is 314 g/mol. The van der Waals surface area contributed by atoms with Gasteiger partial charge in [-0.25, -0.2) is 13.8 Å². The van der Waals surface area contributed by atoms with Crippen LogP contribution in [0.4, 0.5) is 8.78 Å². The van der Waals surface area contributed by atoms with Crippen molar-refractivity contribution in [3.05, 3.63) is 54.1 Å². The maximum Gasteiger partial charge on any atom is 0.272 e. The number of pyridine rings is 2. The molecule has 5 nitrogen and oxygen atoms in total. The average Bonchev–Trinajstić information content (AvgIpc) is 2.96. The first-order valence-corrected chi connectivity index (χ1v) is 7.38. The van der Waals surface area contributed by atoms with E-state index >= 15 is 0 Å². The number of fused-ring (bicyclic) bond motifs is 1. The second-order valence-corrected chi connectivity index (χ2v) is 5.33. The highest BCUT2D eigenvalue weighted by atomic mass is 19.3. The Balaban J connectivity index is 1.81. The molecule has 0 atom stereocenters. The molecule has 0 amide bonds. The Hall–Kier alpha value is -2.83. The number of ether oxygens (including phenoxy) is 1. The summed E-state index contributed by atoms with van der Waals surface area (Å²) in [5.74, 6) is 0.225. The maximum atomic E-state index is 12.2. The number of alkyl halides is 2. The van der Waals surface area contributed by atoms with Gasteiger partial charge < -0.3 is 4.74 Å². The second kappa shape index (κ2) is 6.74. The van der Waals surface area contributed by atoms with Crippen LogP contribution in [0.1, 0.15) is 16.8 Å². The molecule has 3 rings (SSSR count). The van der Waals surface area contributed by atoms with Crippen molar-refractivity contribution < 1.29 is 13.5 Å². The van der Waals surface area contributed by atoms with E-state index in [0.29, 0.717) is 12.1 Å². The van der Waals surface area contributed by atoms with Crippen molar-refractivity contribution in [3.63, 3.8) is 0 Å². The zero-order valence-corrected chi connectivity index (χ0v) is 13.1. The van der Waals surface area contributed by atoms with Crippen molar-refractivity contribution in [2.24, 2.45) is 0 Å². The van der Waals surface area contributed by atoms with E-state index in [9.17, 15) is 8.78 Å². The van der Waals surface area contributed by atoms with Gasteiger partial charge in [-0.05, 0) is 30.7 Å². The first-order valence-electron chi connectivity index (χ1n) is 7.38. The summed E-state index contributed by atoms with van der Waals surface area (Å²) in [5.41, 5.74) is 3.22. The molecule has 0 bridgehead atoms. The van der Waals surface area contributed by atoms with Gasteiger partial charge in [-0.3, -0.25) is 9.67 Å². The topological polar surface area (TPSA) is 52.8 Å². The van der Waals surface area contributed by atoms with E-state index in [1.54, 1.807) is 30.1 Å². The van der Waals surface area contributed by atoms with E-state index in [1.807, 2.05) is 18.3 Å². The fourth-order valence-electron chi connectivity index (χ4n) is 2.45. The molecule has 0 saturated heterocycles. The Morgan fingerprint density at radius 2 is 2.21 bits per heavy atom. The smallest absolute Gasteiger partial charge is 0.272 e. The third kappa shape index (κ3) is 3.40. The Labute approximate surface area is 137 Å². The van der Waals surface area contributed by atoms with Crippen LogP contribution in [-0.4, -0.2) is 32.8 Å². The van der Waals surface area contributed by atoms with Gasteiger partial charge in [0.25, 0.3) is 6.43 Å². The zero-order chi connectivity index (χ0) is 17.1. The quantitative estimate of drug-likeness (QED) is 0.694. The summed E-state index contributed by atoms with van der Waals surface area (Å²) < 4.78 is 31.2. The largest absolute Gasteiger partial charge is 0.471 e. The van der Waals surface area contributed by atoms with Crippen LogP contribution in [-0.2, 0) is 6.54 Å². The summed E-state index contributed by atoms with van der Waals surface area (Å²) in [4.78, 5) is 8.35. The van der Waals surface area contributed by atoms with E-state index in [0.717, 1.165) is 22.2 Å². The van der Waals surface area contributed by atoms with Crippen LogP contribution in [0, 0.1) is 6.92 Å². The van der Waals surface area contributed by atoms with Gasteiger partial charge >= 0.3 is 0 Å². The molecule has 0 aliphatic rings. The second-order valence-electron chi connectivity index (χ2n) is 5.33. The number of aryl methyl sites for hydroxylation is 1. The fraction of sp³-hybridized carbons (Fsp3) is 0.235. The molecule has 0 radical (unpaired) electrons. The summed E-state index contributed by atoms with van der Waals surface area (Å²) in [7, 11) is 0. The SMILES string of the molecule is C=Cc1nccc2nn(Cc3cnc(OCC(F)F)c(C)c3)cc12. The predicted octanol–water partition coefficient (Wildman–Crippen LogP) is 3.47. The third-order valence-corrected chi connectivity index (χ3v) is 3.48. The maximum absolute atomic E-state index is 12.2. The van der Waals surface area contributed by atoms with Gasteiger partial charge in [0.2, 0.25) is 5.88 Å². The van der Waals surface area contributed by atoms with Crippen LogP contribution in [0.3, 0.4) is 0 Å². The van der Waals surface area contributed by atoms with Crippen molar-refractivity contribution in [1.82, 2.24) is 19.7 Å². The molecule has 7 heteroatoms. The highest BCUT2D eigenvalue weighted by Gasteiger charge is 2.09. The lowest BCUT2D eigenvalue weighted by atomic mass is 10.2. The van der Waals surface area contributed by atoms with Gasteiger partial charge in [0.15, 0.2) is 6.61 Å². The third-order valence-electron chi connectivity index (χ3n) is 3.48. The zero-order valence-electron chi connectivity index (χ0n) is 13.1. The first kappa shape index (κ1) is 16.0. The Kier molecular flexibility index (Phi) is 4.50. The minimum Gasteiger partial charge on any atom is -0.471 e. The minimum atomic E-state index is -2.52. The molecule has 3 aromatic rings. The molecule has 0 aliphatic carbocycles. The average molecular weight is 330 g/mol.